The van der Waals surface area contributed by atoms with Gasteiger partial charge in [-0.3, -0.25) is 0 Å². The van der Waals surface area contributed by atoms with E-state index in [4.69, 9.17) is 0 Å². The number of rotatable bonds is 7. The van der Waals surface area contributed by atoms with E-state index in [-0.39, 0.29) is 33.0 Å². The molecule has 6 rings (SSSR count). The van der Waals surface area contributed by atoms with Gasteiger partial charge < -0.3 is 10.2 Å². The Bertz CT molecular complexity index is 1410. The molecule has 0 saturated heterocycles. The number of phenols is 1. The predicted octanol–water partition coefficient (Wildman–Crippen LogP) is 7.70. The highest BCUT2D eigenvalue weighted by atomic mass is 16.4. The van der Waals surface area contributed by atoms with Crippen molar-refractivity contribution in [1.82, 2.24) is 0 Å². The maximum absolute atomic E-state index is 12.3. The van der Waals surface area contributed by atoms with Gasteiger partial charge in [-0.1, -0.05) is 95.5 Å². The second-order valence-corrected chi connectivity index (χ2v) is 11.4. The molecule has 3 aromatic carbocycles. The molecule has 0 spiro atoms. The van der Waals surface area contributed by atoms with Crippen LogP contribution < -0.4 is 0 Å². The van der Waals surface area contributed by atoms with Crippen LogP contribution in [0.1, 0.15) is 110 Å². The second-order valence-electron chi connectivity index (χ2n) is 11.4. The zero-order valence-corrected chi connectivity index (χ0v) is 21.8. The summed E-state index contributed by atoms with van der Waals surface area (Å²) in [5, 5.41) is 21.1. The van der Waals surface area contributed by atoms with Crippen LogP contribution in [0.2, 0.25) is 0 Å². The fourth-order valence-electron chi connectivity index (χ4n) is 9.75. The van der Waals surface area contributed by atoms with Crippen LogP contribution in [0.15, 0.2) is 60.7 Å². The van der Waals surface area contributed by atoms with E-state index in [0.29, 0.717) is 0 Å². The van der Waals surface area contributed by atoms with Gasteiger partial charge in [0.15, 0.2) is 0 Å². The summed E-state index contributed by atoms with van der Waals surface area (Å²) in [5.41, 5.74) is 6.80. The number of aromatic hydroxyl groups is 1. The molecule has 4 atom stereocenters. The zero-order chi connectivity index (χ0) is 25.5. The number of carboxylic acids is 1. The lowest BCUT2D eigenvalue weighted by atomic mass is 9.48. The zero-order valence-electron chi connectivity index (χ0n) is 21.8. The maximum atomic E-state index is 12.3. The normalized spacial score (nSPS) is 30.6. The van der Waals surface area contributed by atoms with E-state index in [0.717, 1.165) is 49.7 Å². The van der Waals surface area contributed by atoms with E-state index in [2.05, 4.69) is 76.2 Å². The number of carboxylic acid groups (broad SMARTS) is 1. The van der Waals surface area contributed by atoms with Crippen molar-refractivity contribution in [1.29, 1.82) is 0 Å². The standard InChI is InChI=1S/C33H36O3/c1-5-16-31-22-12-8-10-14-24(22)32(17-6-2)26-19-21(29(35)36)28(34)20-27(26)33(18-7-3,30(31,32)4)25-15-11-9-13-23(25)31/h8-15,19-20,34H,5-7,16-18H2,1-4H3,(H,35,36)/t30-,31+,32-,33+/m1/s1. The van der Waals surface area contributed by atoms with Crippen molar-refractivity contribution in [2.75, 3.05) is 0 Å². The van der Waals surface area contributed by atoms with Gasteiger partial charge in [0.25, 0.3) is 0 Å². The van der Waals surface area contributed by atoms with Crippen LogP contribution in [0.25, 0.3) is 0 Å². The summed E-state index contributed by atoms with van der Waals surface area (Å²) < 4.78 is 0. The fourth-order valence-corrected chi connectivity index (χ4v) is 9.75. The number of benzene rings is 3. The van der Waals surface area contributed by atoms with Crippen LogP contribution in [0.4, 0.5) is 0 Å². The lowest BCUT2D eigenvalue weighted by Gasteiger charge is -2.53. The molecule has 0 heterocycles. The average Bonchev–Trinajstić information content (AvgIpc) is 3.27. The van der Waals surface area contributed by atoms with Crippen molar-refractivity contribution in [2.24, 2.45) is 5.41 Å². The molecule has 0 saturated carbocycles. The van der Waals surface area contributed by atoms with Crippen molar-refractivity contribution >= 4 is 5.97 Å². The molecule has 0 radical (unpaired) electrons. The van der Waals surface area contributed by atoms with Crippen molar-refractivity contribution in [2.45, 2.75) is 82.5 Å². The van der Waals surface area contributed by atoms with E-state index in [9.17, 15) is 15.0 Å². The smallest absolute Gasteiger partial charge is 0.339 e. The first-order chi connectivity index (χ1) is 17.3. The van der Waals surface area contributed by atoms with Crippen molar-refractivity contribution in [3.63, 3.8) is 0 Å². The summed E-state index contributed by atoms with van der Waals surface area (Å²) >= 11 is 0. The van der Waals surface area contributed by atoms with Gasteiger partial charge in [0.05, 0.1) is 0 Å². The molecule has 3 nitrogen and oxygen atoms in total. The Kier molecular flexibility index (Phi) is 4.84. The molecule has 3 aromatic rings. The van der Waals surface area contributed by atoms with Crippen LogP contribution >= 0.6 is 0 Å². The van der Waals surface area contributed by atoms with Gasteiger partial charge in [-0.2, -0.15) is 0 Å². The topological polar surface area (TPSA) is 57.5 Å². The molecule has 3 aliphatic rings. The summed E-state index contributed by atoms with van der Waals surface area (Å²) in [5.74, 6) is -1.19. The van der Waals surface area contributed by atoms with Gasteiger partial charge in [-0.25, -0.2) is 4.79 Å². The Morgan fingerprint density at radius 3 is 1.39 bits per heavy atom. The monoisotopic (exact) mass is 480 g/mol. The molecule has 3 aliphatic carbocycles. The molecule has 186 valence electrons. The number of carbonyl (C=O) groups is 1. The van der Waals surface area contributed by atoms with E-state index in [1.807, 2.05) is 12.1 Å². The summed E-state index contributed by atoms with van der Waals surface area (Å²) in [4.78, 5) is 12.3. The average molecular weight is 481 g/mol. The van der Waals surface area contributed by atoms with Gasteiger partial charge >= 0.3 is 5.97 Å². The molecule has 0 aromatic heterocycles. The van der Waals surface area contributed by atoms with Gasteiger partial charge in [0.1, 0.15) is 11.3 Å². The van der Waals surface area contributed by atoms with Crippen LogP contribution in [-0.2, 0) is 16.2 Å². The predicted molar refractivity (Wildman–Crippen MR) is 143 cm³/mol. The maximum Gasteiger partial charge on any atom is 0.339 e. The SMILES string of the molecule is CCC[C@@]12c3ccccc3[C@@]3(CCC)c4cc(O)c(C(=O)O)cc4[C@@](CCC)(c4ccccc41)[C@@]23C. The molecule has 0 amide bonds. The molecule has 0 bridgehead atoms. The molecule has 3 heteroatoms. The number of fused-ring (bicyclic) bond motifs is 9. The molecule has 0 unspecified atom stereocenters. The van der Waals surface area contributed by atoms with Gasteiger partial charge in [-0.05, 0) is 64.8 Å². The van der Waals surface area contributed by atoms with Crippen LogP contribution in [0.3, 0.4) is 0 Å². The van der Waals surface area contributed by atoms with E-state index in [1.165, 1.54) is 22.3 Å². The molecule has 0 fully saturated rings. The molecule has 2 N–H and O–H groups in total. The molecule has 36 heavy (non-hydrogen) atoms. The van der Waals surface area contributed by atoms with E-state index < -0.39 is 5.97 Å². The first-order valence-electron chi connectivity index (χ1n) is 13.6. The first kappa shape index (κ1) is 23.3. The second kappa shape index (κ2) is 7.47. The Labute approximate surface area is 214 Å². The highest BCUT2D eigenvalue weighted by molar-refractivity contribution is 5.92. The van der Waals surface area contributed by atoms with Gasteiger partial charge in [-0.15, -0.1) is 0 Å². The van der Waals surface area contributed by atoms with Crippen molar-refractivity contribution in [3.05, 3.63) is 99.6 Å². The Morgan fingerprint density at radius 2 is 1.03 bits per heavy atom. The third-order valence-electron chi connectivity index (χ3n) is 10.4. The summed E-state index contributed by atoms with van der Waals surface area (Å²) in [7, 11) is 0. The number of hydrogen-bond acceptors (Lipinski definition) is 2. The Morgan fingerprint density at radius 1 is 0.667 bits per heavy atom. The summed E-state index contributed by atoms with van der Waals surface area (Å²) in [6, 6.07) is 21.7. The van der Waals surface area contributed by atoms with E-state index >= 15 is 0 Å². The van der Waals surface area contributed by atoms with Crippen molar-refractivity contribution < 1.29 is 15.0 Å². The highest BCUT2D eigenvalue weighted by Crippen LogP contribution is 2.85. The molecule has 0 aliphatic heterocycles. The van der Waals surface area contributed by atoms with Crippen LogP contribution in [-0.4, -0.2) is 16.2 Å². The molecular weight excluding hydrogens is 444 g/mol. The third-order valence-corrected chi connectivity index (χ3v) is 10.4. The summed E-state index contributed by atoms with van der Waals surface area (Å²) in [6.45, 7) is 9.32. The third kappa shape index (κ3) is 2.13. The Balaban J connectivity index is 1.91. The molecular formula is C33H36O3. The first-order valence-corrected chi connectivity index (χ1v) is 13.6. The van der Waals surface area contributed by atoms with E-state index in [1.54, 1.807) is 0 Å². The lowest BCUT2D eigenvalue weighted by Crippen LogP contribution is -2.54. The van der Waals surface area contributed by atoms with Crippen molar-refractivity contribution in [3.8, 4) is 5.75 Å². The minimum Gasteiger partial charge on any atom is -0.507 e. The van der Waals surface area contributed by atoms with Crippen LogP contribution in [0.5, 0.6) is 5.75 Å². The number of hydrogen-bond donors (Lipinski definition) is 2. The minimum absolute atomic E-state index is 0.0122. The summed E-state index contributed by atoms with van der Waals surface area (Å²) in [6.07, 6.45) is 6.01. The largest absolute Gasteiger partial charge is 0.507 e. The quantitative estimate of drug-likeness (QED) is 0.364. The lowest BCUT2D eigenvalue weighted by molar-refractivity contribution is 0.0539. The fraction of sp³-hybridized carbons (Fsp3) is 0.424. The Hall–Kier alpha value is -3.07. The highest BCUT2D eigenvalue weighted by Gasteiger charge is 2.82. The van der Waals surface area contributed by atoms with Gasteiger partial charge in [0.2, 0.25) is 0 Å². The van der Waals surface area contributed by atoms with Gasteiger partial charge in [0, 0.05) is 21.7 Å². The minimum atomic E-state index is -1.07. The van der Waals surface area contributed by atoms with Crippen LogP contribution in [0, 0.1) is 5.41 Å². The number of aromatic carboxylic acids is 1.